The molecule has 2 unspecified atom stereocenters. The van der Waals surface area contributed by atoms with Crippen LogP contribution in [0.25, 0.3) is 0 Å². The van der Waals surface area contributed by atoms with Gasteiger partial charge in [-0.25, -0.2) is 18.3 Å². The van der Waals surface area contributed by atoms with Gasteiger partial charge in [-0.2, -0.15) is 0 Å². The summed E-state index contributed by atoms with van der Waals surface area (Å²) in [5, 5.41) is 0. The summed E-state index contributed by atoms with van der Waals surface area (Å²) in [6.45, 7) is 2.38. The summed E-state index contributed by atoms with van der Waals surface area (Å²) < 4.78 is 8.98. The van der Waals surface area contributed by atoms with Crippen molar-refractivity contribution in [3.05, 3.63) is 37.4 Å². The van der Waals surface area contributed by atoms with E-state index in [-0.39, 0.29) is 0 Å². The first-order valence-corrected chi connectivity index (χ1v) is 6.70. The van der Waals surface area contributed by atoms with Crippen LogP contribution in [0.3, 0.4) is 0 Å². The van der Waals surface area contributed by atoms with Gasteiger partial charge in [0.1, 0.15) is 36.9 Å². The zero-order valence-corrected chi connectivity index (χ0v) is 11.4. The minimum atomic E-state index is 0.629. The Hall–Kier alpha value is -1.58. The van der Waals surface area contributed by atoms with Gasteiger partial charge in [0, 0.05) is 5.92 Å². The highest BCUT2D eigenvalue weighted by molar-refractivity contribution is 4.92. The van der Waals surface area contributed by atoms with E-state index in [9.17, 15) is 0 Å². The monoisotopic (exact) mass is 246 g/mol. The maximum atomic E-state index is 2.38. The Kier molecular flexibility index (Phi) is 2.73. The Morgan fingerprint density at radius 2 is 1.33 bits per heavy atom. The summed E-state index contributed by atoms with van der Waals surface area (Å²) in [7, 11) is 4.17. The first kappa shape index (κ1) is 11.5. The number of aryl methyl sites for hydroxylation is 2. The zero-order chi connectivity index (χ0) is 12.7. The molecule has 18 heavy (non-hydrogen) atoms. The molecule has 0 amide bonds. The average Bonchev–Trinajstić information content (AvgIpc) is 3.00. The molecule has 2 aromatic rings. The topological polar surface area (TPSA) is 17.6 Å². The quantitative estimate of drug-likeness (QED) is 0.708. The molecule has 0 aliphatic heterocycles. The number of nitrogens with zero attached hydrogens (tertiary/aromatic N) is 4. The molecule has 4 heteroatoms. The van der Waals surface area contributed by atoms with E-state index in [2.05, 4.69) is 76.7 Å². The van der Waals surface area contributed by atoms with Crippen LogP contribution in [0, 0.1) is 5.92 Å². The van der Waals surface area contributed by atoms with Crippen molar-refractivity contribution in [3.8, 4) is 0 Å². The SMILES string of the molecule is CC1C(n2cc[n+](C)c2)CCC1n1cc[n+](C)c1. The van der Waals surface area contributed by atoms with E-state index >= 15 is 0 Å². The molecule has 96 valence electrons. The van der Waals surface area contributed by atoms with Crippen LogP contribution in [0.5, 0.6) is 0 Å². The lowest BCUT2D eigenvalue weighted by molar-refractivity contribution is -0.671. The molecule has 0 aromatic carbocycles. The van der Waals surface area contributed by atoms with Gasteiger partial charge in [-0.1, -0.05) is 6.92 Å². The standard InChI is InChI=1S/C14H22N4/c1-12-13(17-8-6-15(2)10-17)4-5-14(12)18-9-7-16(3)11-18/h6-14H,4-5H2,1-3H3/q+2. The van der Waals surface area contributed by atoms with E-state index in [0.717, 1.165) is 0 Å². The van der Waals surface area contributed by atoms with Crippen molar-refractivity contribution < 1.29 is 9.13 Å². The highest BCUT2D eigenvalue weighted by Gasteiger charge is 2.40. The van der Waals surface area contributed by atoms with Crippen LogP contribution in [0.1, 0.15) is 31.8 Å². The molecule has 1 saturated carbocycles. The first-order valence-electron chi connectivity index (χ1n) is 6.70. The van der Waals surface area contributed by atoms with Gasteiger partial charge in [0.05, 0.1) is 14.1 Å². The van der Waals surface area contributed by atoms with Gasteiger partial charge in [0.15, 0.2) is 0 Å². The minimum Gasteiger partial charge on any atom is -0.240 e. The van der Waals surface area contributed by atoms with Gasteiger partial charge in [-0.3, -0.25) is 0 Å². The molecule has 2 aromatic heterocycles. The van der Waals surface area contributed by atoms with Crippen LogP contribution in [-0.4, -0.2) is 9.13 Å². The first-order chi connectivity index (χ1) is 8.65. The predicted molar refractivity (Wildman–Crippen MR) is 67.7 cm³/mol. The van der Waals surface area contributed by atoms with E-state index in [0.29, 0.717) is 18.0 Å². The van der Waals surface area contributed by atoms with E-state index in [1.807, 2.05) is 0 Å². The van der Waals surface area contributed by atoms with Crippen LogP contribution in [0.4, 0.5) is 0 Å². The Bertz CT molecular complexity index is 491. The highest BCUT2D eigenvalue weighted by Crippen LogP contribution is 2.42. The van der Waals surface area contributed by atoms with E-state index in [1.54, 1.807) is 0 Å². The van der Waals surface area contributed by atoms with Crippen molar-refractivity contribution in [2.24, 2.45) is 20.0 Å². The van der Waals surface area contributed by atoms with Crippen LogP contribution >= 0.6 is 0 Å². The summed E-state index contributed by atoms with van der Waals surface area (Å²) >= 11 is 0. The van der Waals surface area contributed by atoms with E-state index in [1.165, 1.54) is 12.8 Å². The second-order valence-corrected chi connectivity index (χ2v) is 5.62. The van der Waals surface area contributed by atoms with E-state index in [4.69, 9.17) is 0 Å². The molecule has 0 N–H and O–H groups in total. The second kappa shape index (κ2) is 4.26. The lowest BCUT2D eigenvalue weighted by Crippen LogP contribution is -2.26. The van der Waals surface area contributed by atoms with Gasteiger partial charge >= 0.3 is 0 Å². The van der Waals surface area contributed by atoms with Crippen LogP contribution in [0.15, 0.2) is 37.4 Å². The number of hydrogen-bond acceptors (Lipinski definition) is 0. The van der Waals surface area contributed by atoms with Crippen molar-refractivity contribution in [3.63, 3.8) is 0 Å². The molecular formula is C14H22N4+2. The molecule has 0 saturated heterocycles. The summed E-state index contributed by atoms with van der Waals surface area (Å²) in [6.07, 6.45) is 15.5. The summed E-state index contributed by atoms with van der Waals surface area (Å²) in [5.74, 6) is 0.671. The lowest BCUT2D eigenvalue weighted by Gasteiger charge is -2.15. The molecular weight excluding hydrogens is 224 g/mol. The van der Waals surface area contributed by atoms with Crippen LogP contribution in [-0.2, 0) is 14.1 Å². The van der Waals surface area contributed by atoms with Crippen molar-refractivity contribution >= 4 is 0 Å². The van der Waals surface area contributed by atoms with Crippen LogP contribution < -0.4 is 9.13 Å². The molecule has 1 fully saturated rings. The van der Waals surface area contributed by atoms with Gasteiger partial charge in [-0.15, -0.1) is 0 Å². The van der Waals surface area contributed by atoms with Gasteiger partial charge in [-0.05, 0) is 12.8 Å². The highest BCUT2D eigenvalue weighted by atomic mass is 15.2. The summed E-state index contributed by atoms with van der Waals surface area (Å²) in [6, 6.07) is 1.26. The van der Waals surface area contributed by atoms with Crippen molar-refractivity contribution in [2.45, 2.75) is 31.8 Å². The lowest BCUT2D eigenvalue weighted by atomic mass is 10.0. The van der Waals surface area contributed by atoms with Gasteiger partial charge in [0.25, 0.3) is 0 Å². The fraction of sp³-hybridized carbons (Fsp3) is 0.571. The third-order valence-electron chi connectivity index (χ3n) is 4.32. The van der Waals surface area contributed by atoms with E-state index < -0.39 is 0 Å². The molecule has 1 aliphatic rings. The number of hydrogen-bond donors (Lipinski definition) is 0. The van der Waals surface area contributed by atoms with Gasteiger partial charge in [0.2, 0.25) is 12.7 Å². The fourth-order valence-corrected chi connectivity index (χ4v) is 3.30. The third kappa shape index (κ3) is 1.85. The second-order valence-electron chi connectivity index (χ2n) is 5.62. The molecule has 2 atom stereocenters. The Morgan fingerprint density at radius 3 is 1.67 bits per heavy atom. The molecule has 0 spiro atoms. The number of rotatable bonds is 2. The number of imidazole rings is 2. The molecule has 4 nitrogen and oxygen atoms in total. The van der Waals surface area contributed by atoms with Crippen LogP contribution in [0.2, 0.25) is 0 Å². The average molecular weight is 246 g/mol. The summed E-state index contributed by atoms with van der Waals surface area (Å²) in [4.78, 5) is 0. The predicted octanol–water partition coefficient (Wildman–Crippen LogP) is 1.15. The van der Waals surface area contributed by atoms with Crippen molar-refractivity contribution in [1.29, 1.82) is 0 Å². The Morgan fingerprint density at radius 1 is 0.889 bits per heavy atom. The smallest absolute Gasteiger partial charge is 0.240 e. The third-order valence-corrected chi connectivity index (χ3v) is 4.32. The maximum absolute atomic E-state index is 2.38. The van der Waals surface area contributed by atoms with Crippen molar-refractivity contribution in [1.82, 2.24) is 9.13 Å². The molecule has 0 bridgehead atoms. The molecule has 3 rings (SSSR count). The van der Waals surface area contributed by atoms with Gasteiger partial charge < -0.3 is 0 Å². The number of aromatic nitrogens is 4. The summed E-state index contributed by atoms with van der Waals surface area (Å²) in [5.41, 5.74) is 0. The largest absolute Gasteiger partial charge is 0.243 e. The minimum absolute atomic E-state index is 0.629. The Labute approximate surface area is 108 Å². The molecule has 2 heterocycles. The Balaban J connectivity index is 1.82. The zero-order valence-electron chi connectivity index (χ0n) is 11.4. The maximum Gasteiger partial charge on any atom is 0.243 e. The molecule has 1 aliphatic carbocycles. The van der Waals surface area contributed by atoms with Crippen molar-refractivity contribution in [2.75, 3.05) is 0 Å². The molecule has 0 radical (unpaired) electrons. The normalized spacial score (nSPS) is 27.8. The fourth-order valence-electron chi connectivity index (χ4n) is 3.30.